The van der Waals surface area contributed by atoms with Crippen LogP contribution in [0.5, 0.6) is 0 Å². The lowest BCUT2D eigenvalue weighted by Crippen LogP contribution is -2.14. The quantitative estimate of drug-likeness (QED) is 0.178. The van der Waals surface area contributed by atoms with E-state index in [-0.39, 0.29) is 5.41 Å². The van der Waals surface area contributed by atoms with Crippen LogP contribution in [0.2, 0.25) is 0 Å². The molecule has 240 valence electrons. The third-order valence-electron chi connectivity index (χ3n) is 10.8. The molecule has 0 fully saturated rings. The molecule has 9 aromatic rings. The summed E-state index contributed by atoms with van der Waals surface area (Å²) in [6.45, 7) is 4.68. The van der Waals surface area contributed by atoms with Crippen LogP contribution in [0.3, 0.4) is 0 Å². The largest absolute Gasteiger partial charge is 0.255 e. The van der Waals surface area contributed by atoms with Crippen molar-refractivity contribution < 1.29 is 0 Å². The second-order valence-electron chi connectivity index (χ2n) is 14.1. The fourth-order valence-corrected chi connectivity index (χ4v) is 8.14. The highest BCUT2D eigenvalue weighted by Crippen LogP contribution is 2.50. The molecule has 0 unspecified atom stereocenters. The molecule has 0 amide bonds. The van der Waals surface area contributed by atoms with Crippen LogP contribution in [-0.4, -0.2) is 15.0 Å². The van der Waals surface area contributed by atoms with Crippen LogP contribution in [-0.2, 0) is 5.41 Å². The van der Waals surface area contributed by atoms with Gasteiger partial charge in [0.2, 0.25) is 0 Å². The maximum atomic E-state index is 5.10. The molecule has 3 nitrogen and oxygen atoms in total. The summed E-state index contributed by atoms with van der Waals surface area (Å²) >= 11 is 0. The highest BCUT2D eigenvalue weighted by molar-refractivity contribution is 6.05. The molecular formula is C48H33N3. The summed E-state index contributed by atoms with van der Waals surface area (Å²) in [5.74, 6) is 0. The molecule has 0 spiro atoms. The van der Waals surface area contributed by atoms with Crippen LogP contribution >= 0.6 is 0 Å². The predicted molar refractivity (Wildman–Crippen MR) is 212 cm³/mol. The van der Waals surface area contributed by atoms with Gasteiger partial charge in [0.15, 0.2) is 0 Å². The second-order valence-corrected chi connectivity index (χ2v) is 14.1. The maximum Gasteiger partial charge on any atom is 0.0964 e. The third-order valence-corrected chi connectivity index (χ3v) is 10.8. The lowest BCUT2D eigenvalue weighted by molar-refractivity contribution is 0.660. The number of fused-ring (bicyclic) bond motifs is 7. The smallest absolute Gasteiger partial charge is 0.0964 e. The number of aromatic nitrogens is 3. The summed E-state index contributed by atoms with van der Waals surface area (Å²) in [5, 5.41) is 4.47. The molecule has 51 heavy (non-hydrogen) atoms. The summed E-state index contributed by atoms with van der Waals surface area (Å²) in [6.07, 6.45) is 5.88. The molecule has 0 aliphatic heterocycles. The van der Waals surface area contributed by atoms with E-state index < -0.39 is 0 Å². The van der Waals surface area contributed by atoms with Gasteiger partial charge in [0, 0.05) is 56.9 Å². The highest BCUT2D eigenvalue weighted by Gasteiger charge is 2.35. The standard InChI is InChI=1S/C48H33N3/c1-48(2)43-17-9-8-15-39(43)40-21-20-32(27-44(40)48)34-24-35(37-23-33-19-18-31-13-10-22-49-46(31)47(33)50-28-37)26-36(25-34)42-29-51-45(30-11-4-3-5-12-30)41-16-7-6-14-38(41)42/h3-29H,1-2H3. The Bertz CT molecular complexity index is 2830. The topological polar surface area (TPSA) is 38.7 Å². The summed E-state index contributed by atoms with van der Waals surface area (Å²) < 4.78 is 0. The fraction of sp³-hybridized carbons (Fsp3) is 0.0625. The molecule has 3 aromatic heterocycles. The van der Waals surface area contributed by atoms with Crippen molar-refractivity contribution in [2.24, 2.45) is 0 Å². The first-order valence-corrected chi connectivity index (χ1v) is 17.5. The maximum absolute atomic E-state index is 5.10. The number of hydrogen-bond donors (Lipinski definition) is 0. The summed E-state index contributed by atoms with van der Waals surface area (Å²) in [7, 11) is 0. The first-order chi connectivity index (χ1) is 25.0. The van der Waals surface area contributed by atoms with E-state index in [9.17, 15) is 0 Å². The first kappa shape index (κ1) is 29.5. The lowest BCUT2D eigenvalue weighted by Gasteiger charge is -2.22. The Kier molecular flexibility index (Phi) is 6.53. The van der Waals surface area contributed by atoms with Crippen LogP contribution in [0.25, 0.3) is 88.3 Å². The Morgan fingerprint density at radius 3 is 1.98 bits per heavy atom. The number of rotatable bonds is 4. The summed E-state index contributed by atoms with van der Waals surface area (Å²) in [4.78, 5) is 14.8. The van der Waals surface area contributed by atoms with Crippen LogP contribution in [0, 0.1) is 0 Å². The molecule has 3 heterocycles. The minimum atomic E-state index is -0.0884. The molecule has 0 saturated carbocycles. The number of benzene rings is 6. The van der Waals surface area contributed by atoms with Gasteiger partial charge in [-0.15, -0.1) is 0 Å². The van der Waals surface area contributed by atoms with Gasteiger partial charge in [-0.1, -0.05) is 123 Å². The number of hydrogen-bond acceptors (Lipinski definition) is 3. The van der Waals surface area contributed by atoms with Crippen molar-refractivity contribution in [1.82, 2.24) is 15.0 Å². The predicted octanol–water partition coefficient (Wildman–Crippen LogP) is 12.3. The molecule has 0 bridgehead atoms. The van der Waals surface area contributed by atoms with Crippen molar-refractivity contribution in [2.75, 3.05) is 0 Å². The van der Waals surface area contributed by atoms with Crippen molar-refractivity contribution >= 4 is 32.6 Å². The van der Waals surface area contributed by atoms with Gasteiger partial charge in [0.05, 0.1) is 16.7 Å². The van der Waals surface area contributed by atoms with E-state index in [0.29, 0.717) is 0 Å². The van der Waals surface area contributed by atoms with Crippen LogP contribution in [0.1, 0.15) is 25.0 Å². The normalized spacial score (nSPS) is 13.1. The average molecular weight is 652 g/mol. The minimum Gasteiger partial charge on any atom is -0.255 e. The lowest BCUT2D eigenvalue weighted by atomic mass is 9.81. The molecule has 1 aliphatic rings. The monoisotopic (exact) mass is 651 g/mol. The van der Waals surface area contributed by atoms with E-state index in [0.717, 1.165) is 66.3 Å². The van der Waals surface area contributed by atoms with E-state index in [2.05, 4.69) is 152 Å². The Morgan fingerprint density at radius 2 is 1.10 bits per heavy atom. The third kappa shape index (κ3) is 4.69. The van der Waals surface area contributed by atoms with Crippen molar-refractivity contribution in [3.63, 3.8) is 0 Å². The molecular weight excluding hydrogens is 619 g/mol. The summed E-state index contributed by atoms with van der Waals surface area (Å²) in [5.41, 5.74) is 16.0. The fourth-order valence-electron chi connectivity index (χ4n) is 8.14. The Morgan fingerprint density at radius 1 is 0.392 bits per heavy atom. The Hall–Kier alpha value is -6.45. The molecule has 6 aromatic carbocycles. The molecule has 0 saturated heterocycles. The van der Waals surface area contributed by atoms with Crippen molar-refractivity contribution in [1.29, 1.82) is 0 Å². The molecule has 0 N–H and O–H groups in total. The van der Waals surface area contributed by atoms with Gasteiger partial charge in [-0.25, -0.2) is 0 Å². The second kappa shape index (κ2) is 11.3. The highest BCUT2D eigenvalue weighted by atomic mass is 14.7. The summed E-state index contributed by atoms with van der Waals surface area (Å²) in [6, 6.07) is 52.4. The van der Waals surface area contributed by atoms with Crippen LogP contribution < -0.4 is 0 Å². The van der Waals surface area contributed by atoms with E-state index in [1.165, 1.54) is 33.2 Å². The molecule has 1 aliphatic carbocycles. The number of pyridine rings is 3. The molecule has 0 atom stereocenters. The van der Waals surface area contributed by atoms with Gasteiger partial charge < -0.3 is 0 Å². The van der Waals surface area contributed by atoms with Crippen LogP contribution in [0.4, 0.5) is 0 Å². The molecule has 0 radical (unpaired) electrons. The minimum absolute atomic E-state index is 0.0884. The van der Waals surface area contributed by atoms with Gasteiger partial charge >= 0.3 is 0 Å². The zero-order chi connectivity index (χ0) is 34.1. The van der Waals surface area contributed by atoms with Crippen molar-refractivity contribution in [3.05, 3.63) is 175 Å². The molecule has 10 rings (SSSR count). The number of nitrogens with zero attached hydrogens (tertiary/aromatic N) is 3. The van der Waals surface area contributed by atoms with E-state index in [4.69, 9.17) is 9.97 Å². The van der Waals surface area contributed by atoms with Crippen molar-refractivity contribution in [3.8, 4) is 55.8 Å². The van der Waals surface area contributed by atoms with E-state index >= 15 is 0 Å². The van der Waals surface area contributed by atoms with Gasteiger partial charge in [0.1, 0.15) is 0 Å². The average Bonchev–Trinajstić information content (AvgIpc) is 3.42. The van der Waals surface area contributed by atoms with E-state index in [1.54, 1.807) is 0 Å². The van der Waals surface area contributed by atoms with E-state index in [1.807, 2.05) is 30.7 Å². The zero-order valence-corrected chi connectivity index (χ0v) is 28.4. The van der Waals surface area contributed by atoms with Gasteiger partial charge in [-0.05, 0) is 86.3 Å². The Labute approximate surface area is 297 Å². The SMILES string of the molecule is CC1(C)c2ccccc2-c2ccc(-c3cc(-c4cnc5c(ccc6cccnc65)c4)cc(-c4cnc(-c5ccccc5)c5ccccc45)c3)cc21. The molecule has 3 heteroatoms. The Balaban J connectivity index is 1.19. The van der Waals surface area contributed by atoms with Gasteiger partial charge in [-0.3, -0.25) is 15.0 Å². The van der Waals surface area contributed by atoms with Crippen molar-refractivity contribution in [2.45, 2.75) is 19.3 Å². The van der Waals surface area contributed by atoms with Crippen LogP contribution in [0.15, 0.2) is 164 Å². The first-order valence-electron chi connectivity index (χ1n) is 17.5. The van der Waals surface area contributed by atoms with Gasteiger partial charge in [0.25, 0.3) is 0 Å². The zero-order valence-electron chi connectivity index (χ0n) is 28.4. The van der Waals surface area contributed by atoms with Gasteiger partial charge in [-0.2, -0.15) is 0 Å².